The van der Waals surface area contributed by atoms with Gasteiger partial charge in [0.2, 0.25) is 0 Å². The van der Waals surface area contributed by atoms with Crippen LogP contribution in [0.25, 0.3) is 0 Å². The van der Waals surface area contributed by atoms with Crippen LogP contribution in [0, 0.1) is 6.92 Å². The van der Waals surface area contributed by atoms with Crippen LogP contribution in [-0.2, 0) is 10.5 Å². The lowest BCUT2D eigenvalue weighted by molar-refractivity contribution is -0.137. The molecule has 0 aliphatic rings. The molecular weight excluding hydrogens is 233 g/mol. The highest BCUT2D eigenvalue weighted by Gasteiger charge is 2.21. The largest absolute Gasteiger partial charge is 0.481 e. The first kappa shape index (κ1) is 14.6. The zero-order valence-electron chi connectivity index (χ0n) is 11.0. The Morgan fingerprint density at radius 1 is 1.50 bits per heavy atom. The van der Waals surface area contributed by atoms with Crippen LogP contribution in [-0.4, -0.2) is 11.1 Å². The van der Waals surface area contributed by atoms with Crippen molar-refractivity contribution in [1.29, 1.82) is 0 Å². The summed E-state index contributed by atoms with van der Waals surface area (Å²) in [4.78, 5) is 10.5. The number of benzene rings is 1. The van der Waals surface area contributed by atoms with E-state index in [1.165, 1.54) is 13.8 Å². The van der Waals surface area contributed by atoms with E-state index in [-0.39, 0.29) is 12.5 Å². The highest BCUT2D eigenvalue weighted by Crippen LogP contribution is 2.29. The smallest absolute Gasteiger partial charge is 0.303 e. The Morgan fingerprint density at radius 2 is 2.11 bits per heavy atom. The van der Waals surface area contributed by atoms with Gasteiger partial charge in [-0.3, -0.25) is 4.79 Å². The standard InChI is InChI=1S/C14H20FNO2/c1-9-4-5-10(14(2,3)15)8-11(9)12(16)6-7-13(17)18/h4-5,8,12H,6-7,16H2,1-3H3,(H,17,18). The molecule has 0 heterocycles. The lowest BCUT2D eigenvalue weighted by Crippen LogP contribution is -2.16. The van der Waals surface area contributed by atoms with Crippen LogP contribution < -0.4 is 5.73 Å². The molecule has 0 radical (unpaired) electrons. The lowest BCUT2D eigenvalue weighted by Gasteiger charge is -2.20. The van der Waals surface area contributed by atoms with E-state index in [2.05, 4.69) is 0 Å². The number of aliphatic carboxylic acids is 1. The highest BCUT2D eigenvalue weighted by atomic mass is 19.1. The molecule has 0 aliphatic heterocycles. The normalized spacial score (nSPS) is 13.4. The van der Waals surface area contributed by atoms with Crippen LogP contribution in [0.5, 0.6) is 0 Å². The van der Waals surface area contributed by atoms with E-state index in [0.29, 0.717) is 12.0 Å². The van der Waals surface area contributed by atoms with Crippen LogP contribution in [0.2, 0.25) is 0 Å². The second-order valence-corrected chi connectivity index (χ2v) is 5.08. The molecule has 0 fully saturated rings. The van der Waals surface area contributed by atoms with Crippen molar-refractivity contribution >= 4 is 5.97 Å². The van der Waals surface area contributed by atoms with Crippen molar-refractivity contribution < 1.29 is 14.3 Å². The summed E-state index contributed by atoms with van der Waals surface area (Å²) in [7, 11) is 0. The van der Waals surface area contributed by atoms with Gasteiger partial charge in [-0.1, -0.05) is 18.2 Å². The van der Waals surface area contributed by atoms with Crippen molar-refractivity contribution in [2.45, 2.75) is 45.3 Å². The SMILES string of the molecule is Cc1ccc(C(C)(C)F)cc1C(N)CCC(=O)O. The summed E-state index contributed by atoms with van der Waals surface area (Å²) in [5.74, 6) is -0.870. The van der Waals surface area contributed by atoms with Gasteiger partial charge in [0.25, 0.3) is 0 Å². The van der Waals surface area contributed by atoms with Gasteiger partial charge in [0.05, 0.1) is 0 Å². The van der Waals surface area contributed by atoms with Gasteiger partial charge >= 0.3 is 5.97 Å². The zero-order valence-corrected chi connectivity index (χ0v) is 11.0. The van der Waals surface area contributed by atoms with E-state index in [4.69, 9.17) is 10.8 Å². The first-order chi connectivity index (χ1) is 8.21. The summed E-state index contributed by atoms with van der Waals surface area (Å²) in [5.41, 5.74) is 6.89. The first-order valence-electron chi connectivity index (χ1n) is 5.99. The molecule has 0 saturated heterocycles. The molecular formula is C14H20FNO2. The number of alkyl halides is 1. The molecule has 0 spiro atoms. The summed E-state index contributed by atoms with van der Waals surface area (Å²) in [6, 6.07) is 4.93. The van der Waals surface area contributed by atoms with Gasteiger partial charge in [-0.25, -0.2) is 4.39 Å². The van der Waals surface area contributed by atoms with Gasteiger partial charge in [0.1, 0.15) is 5.67 Å². The average molecular weight is 253 g/mol. The first-order valence-corrected chi connectivity index (χ1v) is 5.99. The Labute approximate surface area is 107 Å². The molecule has 0 aliphatic carbocycles. The number of nitrogens with two attached hydrogens (primary N) is 1. The number of rotatable bonds is 5. The Balaban J connectivity index is 2.97. The number of aryl methyl sites for hydroxylation is 1. The van der Waals surface area contributed by atoms with Crippen LogP contribution in [0.15, 0.2) is 18.2 Å². The van der Waals surface area contributed by atoms with Crippen LogP contribution in [0.1, 0.15) is 49.4 Å². The average Bonchev–Trinajstić information content (AvgIpc) is 2.24. The number of hydrogen-bond acceptors (Lipinski definition) is 2. The molecule has 0 amide bonds. The quantitative estimate of drug-likeness (QED) is 0.847. The molecule has 100 valence electrons. The third kappa shape index (κ3) is 3.81. The second-order valence-electron chi connectivity index (χ2n) is 5.08. The van der Waals surface area contributed by atoms with Gasteiger partial charge in [-0.15, -0.1) is 0 Å². The lowest BCUT2D eigenvalue weighted by atomic mass is 9.91. The minimum Gasteiger partial charge on any atom is -0.481 e. The van der Waals surface area contributed by atoms with Crippen LogP contribution in [0.4, 0.5) is 4.39 Å². The summed E-state index contributed by atoms with van der Waals surface area (Å²) >= 11 is 0. The topological polar surface area (TPSA) is 63.3 Å². The van der Waals surface area contributed by atoms with Crippen molar-refractivity contribution in [3.8, 4) is 0 Å². The molecule has 3 N–H and O–H groups in total. The molecule has 1 rings (SSSR count). The van der Waals surface area contributed by atoms with E-state index in [1.54, 1.807) is 12.1 Å². The van der Waals surface area contributed by atoms with Gasteiger partial charge < -0.3 is 10.8 Å². The molecule has 18 heavy (non-hydrogen) atoms. The third-order valence-corrected chi connectivity index (χ3v) is 3.03. The number of carbonyl (C=O) groups is 1. The zero-order chi connectivity index (χ0) is 13.9. The summed E-state index contributed by atoms with van der Waals surface area (Å²) in [5, 5.41) is 8.65. The van der Waals surface area contributed by atoms with Crippen molar-refractivity contribution in [2.75, 3.05) is 0 Å². The molecule has 0 bridgehead atoms. The van der Waals surface area contributed by atoms with Crippen molar-refractivity contribution in [1.82, 2.24) is 0 Å². The summed E-state index contributed by atoms with van der Waals surface area (Å²) in [6.45, 7) is 4.87. The molecule has 3 nitrogen and oxygen atoms in total. The molecule has 1 aromatic rings. The molecule has 0 aromatic heterocycles. The monoisotopic (exact) mass is 253 g/mol. The van der Waals surface area contributed by atoms with Gasteiger partial charge in [-0.05, 0) is 43.9 Å². The minimum absolute atomic E-state index is 0.0177. The minimum atomic E-state index is -1.42. The number of carboxylic acid groups (broad SMARTS) is 1. The van der Waals surface area contributed by atoms with Crippen molar-refractivity contribution in [3.05, 3.63) is 34.9 Å². The Hall–Kier alpha value is -1.42. The van der Waals surface area contributed by atoms with Crippen LogP contribution >= 0.6 is 0 Å². The number of carboxylic acids is 1. The molecule has 1 unspecified atom stereocenters. The second kappa shape index (κ2) is 5.48. The van der Waals surface area contributed by atoms with E-state index in [1.807, 2.05) is 13.0 Å². The Bertz CT molecular complexity index is 438. The van der Waals surface area contributed by atoms with E-state index in [9.17, 15) is 9.18 Å². The van der Waals surface area contributed by atoms with Crippen molar-refractivity contribution in [3.63, 3.8) is 0 Å². The number of hydrogen-bond donors (Lipinski definition) is 2. The molecule has 4 heteroatoms. The Kier molecular flexibility index (Phi) is 4.46. The summed E-state index contributed by atoms with van der Waals surface area (Å²) in [6.07, 6.45) is 0.371. The summed E-state index contributed by atoms with van der Waals surface area (Å²) < 4.78 is 13.9. The predicted molar refractivity (Wildman–Crippen MR) is 69.1 cm³/mol. The van der Waals surface area contributed by atoms with Gasteiger partial charge in [0.15, 0.2) is 0 Å². The van der Waals surface area contributed by atoms with E-state index >= 15 is 0 Å². The van der Waals surface area contributed by atoms with Crippen molar-refractivity contribution in [2.24, 2.45) is 5.73 Å². The molecule has 0 saturated carbocycles. The highest BCUT2D eigenvalue weighted by molar-refractivity contribution is 5.66. The third-order valence-electron chi connectivity index (χ3n) is 3.03. The van der Waals surface area contributed by atoms with Gasteiger partial charge in [-0.2, -0.15) is 0 Å². The number of halogens is 1. The fraction of sp³-hybridized carbons (Fsp3) is 0.500. The molecule has 1 atom stereocenters. The maximum absolute atomic E-state index is 13.9. The fourth-order valence-electron chi connectivity index (χ4n) is 1.84. The maximum Gasteiger partial charge on any atom is 0.303 e. The van der Waals surface area contributed by atoms with Crippen LogP contribution in [0.3, 0.4) is 0 Å². The van der Waals surface area contributed by atoms with E-state index in [0.717, 1.165) is 11.1 Å². The van der Waals surface area contributed by atoms with E-state index < -0.39 is 11.6 Å². The van der Waals surface area contributed by atoms with Gasteiger partial charge in [0, 0.05) is 12.5 Å². The maximum atomic E-state index is 13.9. The molecule has 1 aromatic carbocycles. The Morgan fingerprint density at radius 3 is 2.61 bits per heavy atom. The predicted octanol–water partition coefficient (Wildman–Crippen LogP) is 3.06. The fourth-order valence-corrected chi connectivity index (χ4v) is 1.84.